The van der Waals surface area contributed by atoms with Crippen LogP contribution in [0.15, 0.2) is 36.4 Å². The Morgan fingerprint density at radius 1 is 1.23 bits per heavy atom. The fourth-order valence-corrected chi connectivity index (χ4v) is 5.17. The van der Waals surface area contributed by atoms with Crippen LogP contribution in [0.4, 0.5) is 24.5 Å². The van der Waals surface area contributed by atoms with E-state index in [9.17, 15) is 31.8 Å². The van der Waals surface area contributed by atoms with Crippen molar-refractivity contribution in [1.82, 2.24) is 4.90 Å². The summed E-state index contributed by atoms with van der Waals surface area (Å²) in [6, 6.07) is 6.02. The van der Waals surface area contributed by atoms with Crippen molar-refractivity contribution in [3.63, 3.8) is 0 Å². The Bertz CT molecular complexity index is 1200. The van der Waals surface area contributed by atoms with Gasteiger partial charge in [0.15, 0.2) is 0 Å². The van der Waals surface area contributed by atoms with E-state index in [2.05, 4.69) is 4.90 Å². The van der Waals surface area contributed by atoms with Crippen molar-refractivity contribution in [1.29, 1.82) is 0 Å². The van der Waals surface area contributed by atoms with Crippen molar-refractivity contribution in [2.24, 2.45) is 5.92 Å². The van der Waals surface area contributed by atoms with Gasteiger partial charge in [-0.15, -0.1) is 0 Å². The maximum atomic E-state index is 14.1. The zero-order valence-electron chi connectivity index (χ0n) is 19.1. The summed E-state index contributed by atoms with van der Waals surface area (Å²) in [6.45, 7) is 5.77. The Kier molecular flexibility index (Phi) is 6.94. The van der Waals surface area contributed by atoms with Crippen molar-refractivity contribution in [3.05, 3.63) is 58.9 Å². The zero-order chi connectivity index (χ0) is 25.5. The van der Waals surface area contributed by atoms with Crippen LogP contribution in [0, 0.1) is 11.7 Å². The summed E-state index contributed by atoms with van der Waals surface area (Å²) < 4.78 is 71.2. The average molecular weight is 511 g/mol. The first kappa shape index (κ1) is 25.2. The fraction of sp³-hybridized carbons (Fsp3) is 0.375. The minimum Gasteiger partial charge on any atom is -0.492 e. The number of anilines is 2. The molecule has 1 saturated carbocycles. The largest absolute Gasteiger partial charge is 0.492 e. The van der Waals surface area contributed by atoms with Crippen molar-refractivity contribution in [3.8, 4) is 5.75 Å². The second-order valence-corrected chi connectivity index (χ2v) is 9.20. The molecule has 2 aromatic rings. The fourth-order valence-electron chi connectivity index (χ4n) is 4.51. The van der Waals surface area contributed by atoms with Crippen molar-refractivity contribution in [2.75, 3.05) is 30.5 Å². The maximum Gasteiger partial charge on any atom is 0.341 e. The predicted molar refractivity (Wildman–Crippen MR) is 126 cm³/mol. The Labute approximate surface area is 203 Å². The first-order valence-corrected chi connectivity index (χ1v) is 12.2. The molecule has 11 heteroatoms. The number of carboxylic acids is 1. The molecule has 4 rings (SSSR count). The molecule has 188 valence electrons. The third kappa shape index (κ3) is 4.55. The minimum absolute atomic E-state index is 0.0505. The molecule has 0 radical (unpaired) electrons. The number of alkyl halides is 2. The van der Waals surface area contributed by atoms with Gasteiger partial charge in [0.1, 0.15) is 17.1 Å². The number of ether oxygens (including phenoxy) is 1. The SMILES string of the molecule is CCN(CC)CC=Cc1cc(F)ccc1N(c1ccc2c(c1C(=O)O)OC[C@H]1[C@@H]2C1(F)F)S(=O)O. The van der Waals surface area contributed by atoms with Crippen molar-refractivity contribution < 1.29 is 36.6 Å². The molecule has 7 nitrogen and oxygen atoms in total. The molecule has 0 saturated heterocycles. The van der Waals surface area contributed by atoms with Crippen LogP contribution in [0.3, 0.4) is 0 Å². The summed E-state index contributed by atoms with van der Waals surface area (Å²) in [5.74, 6) is -7.52. The molecule has 2 aliphatic rings. The lowest BCUT2D eigenvalue weighted by atomic mass is 9.99. The lowest BCUT2D eigenvalue weighted by Crippen LogP contribution is -2.24. The van der Waals surface area contributed by atoms with E-state index in [0.717, 1.165) is 23.5 Å². The summed E-state index contributed by atoms with van der Waals surface area (Å²) >= 11 is -2.78. The summed E-state index contributed by atoms with van der Waals surface area (Å²) in [5, 5.41) is 9.95. The molecule has 2 N–H and O–H groups in total. The van der Waals surface area contributed by atoms with Crippen LogP contribution in [0.2, 0.25) is 0 Å². The van der Waals surface area contributed by atoms with Crippen molar-refractivity contribution in [2.45, 2.75) is 25.7 Å². The average Bonchev–Trinajstić information content (AvgIpc) is 3.38. The number of hydrogen-bond donors (Lipinski definition) is 2. The standard InChI is InChI=1S/C24H25F3N2O5S/c1-3-28(4-2)11-5-6-14-12-15(25)7-9-18(14)29(35(32)33)19-10-8-16-21-17(24(21,26)27)13-34-22(16)20(19)23(30)31/h5-10,12,17,21H,3-4,11,13H2,1-2H3,(H,30,31)(H,32,33)/t17-,21+/m0/s1. The molecular formula is C24H25F3N2O5S. The second kappa shape index (κ2) is 9.63. The molecule has 2 aromatic carbocycles. The molecule has 1 fully saturated rings. The van der Waals surface area contributed by atoms with E-state index in [0.29, 0.717) is 6.54 Å². The summed E-state index contributed by atoms with van der Waals surface area (Å²) in [6.07, 6.45) is 3.36. The molecular weight excluding hydrogens is 485 g/mol. The van der Waals surface area contributed by atoms with Crippen LogP contribution >= 0.6 is 0 Å². The predicted octanol–water partition coefficient (Wildman–Crippen LogP) is 4.89. The van der Waals surface area contributed by atoms with E-state index < -0.39 is 46.4 Å². The van der Waals surface area contributed by atoms with Crippen LogP contribution in [0.5, 0.6) is 5.75 Å². The minimum atomic E-state index is -3.00. The first-order valence-electron chi connectivity index (χ1n) is 11.1. The quantitative estimate of drug-likeness (QED) is 0.467. The van der Waals surface area contributed by atoms with Gasteiger partial charge in [0.2, 0.25) is 0 Å². The topological polar surface area (TPSA) is 90.3 Å². The Morgan fingerprint density at radius 3 is 2.54 bits per heavy atom. The normalized spacial score (nSPS) is 20.8. The molecule has 0 amide bonds. The first-order chi connectivity index (χ1) is 16.6. The smallest absolute Gasteiger partial charge is 0.341 e. The molecule has 35 heavy (non-hydrogen) atoms. The maximum absolute atomic E-state index is 14.1. The number of hydrogen-bond acceptors (Lipinski definition) is 4. The molecule has 1 aliphatic carbocycles. The van der Waals surface area contributed by atoms with Gasteiger partial charge in [-0.2, -0.15) is 0 Å². The van der Waals surface area contributed by atoms with E-state index in [4.69, 9.17) is 4.74 Å². The van der Waals surface area contributed by atoms with Crippen LogP contribution < -0.4 is 9.04 Å². The van der Waals surface area contributed by atoms with E-state index in [1.54, 1.807) is 12.2 Å². The lowest BCUT2D eigenvalue weighted by Gasteiger charge is -2.26. The third-order valence-electron chi connectivity index (χ3n) is 6.46. The van der Waals surface area contributed by atoms with Gasteiger partial charge < -0.3 is 14.7 Å². The summed E-state index contributed by atoms with van der Waals surface area (Å²) in [5.41, 5.74) is -0.383. The number of fused-ring (bicyclic) bond motifs is 3. The molecule has 0 bridgehead atoms. The van der Waals surface area contributed by atoms with Crippen LogP contribution in [-0.2, 0) is 11.3 Å². The van der Waals surface area contributed by atoms with Gasteiger partial charge in [0.05, 0.1) is 29.8 Å². The van der Waals surface area contributed by atoms with Gasteiger partial charge in [-0.05, 0) is 37.4 Å². The highest BCUT2D eigenvalue weighted by Gasteiger charge is 2.71. The Balaban J connectivity index is 1.82. The number of likely N-dealkylation sites (N-methyl/N-ethyl adjacent to an activating group) is 1. The van der Waals surface area contributed by atoms with Crippen LogP contribution in [0.1, 0.15) is 41.3 Å². The molecule has 1 unspecified atom stereocenters. The highest BCUT2D eigenvalue weighted by molar-refractivity contribution is 7.81. The molecule has 1 heterocycles. The number of halogens is 3. The summed E-state index contributed by atoms with van der Waals surface area (Å²) in [7, 11) is 0. The van der Waals surface area contributed by atoms with Gasteiger partial charge in [-0.3, -0.25) is 4.55 Å². The molecule has 0 spiro atoms. The monoisotopic (exact) mass is 510 g/mol. The van der Waals surface area contributed by atoms with Crippen LogP contribution in [0.25, 0.3) is 6.08 Å². The number of aromatic carboxylic acids is 1. The van der Waals surface area contributed by atoms with Gasteiger partial charge in [0.25, 0.3) is 17.2 Å². The van der Waals surface area contributed by atoms with Gasteiger partial charge in [0, 0.05) is 17.7 Å². The Morgan fingerprint density at radius 2 is 1.91 bits per heavy atom. The second-order valence-electron chi connectivity index (χ2n) is 8.37. The van der Waals surface area contributed by atoms with Gasteiger partial charge in [-0.25, -0.2) is 26.5 Å². The Hall–Kier alpha value is -2.89. The molecule has 0 aromatic heterocycles. The molecule has 3 atom stereocenters. The number of nitrogens with zero attached hydrogens (tertiary/aromatic N) is 2. The van der Waals surface area contributed by atoms with Gasteiger partial charge >= 0.3 is 5.97 Å². The van der Waals surface area contributed by atoms with E-state index in [1.165, 1.54) is 24.3 Å². The van der Waals surface area contributed by atoms with E-state index in [1.807, 2.05) is 13.8 Å². The third-order valence-corrected chi connectivity index (χ3v) is 7.17. The number of benzene rings is 2. The zero-order valence-corrected chi connectivity index (χ0v) is 19.9. The van der Waals surface area contributed by atoms with E-state index in [-0.39, 0.29) is 34.9 Å². The lowest BCUT2D eigenvalue weighted by molar-refractivity contribution is 0.0691. The van der Waals surface area contributed by atoms with Crippen LogP contribution in [-0.4, -0.2) is 56.9 Å². The highest BCUT2D eigenvalue weighted by Crippen LogP contribution is 2.66. The van der Waals surface area contributed by atoms with E-state index >= 15 is 0 Å². The number of rotatable bonds is 9. The highest BCUT2D eigenvalue weighted by atomic mass is 32.2. The van der Waals surface area contributed by atoms with Gasteiger partial charge in [-0.1, -0.05) is 32.1 Å². The van der Waals surface area contributed by atoms with Crippen molar-refractivity contribution >= 4 is 34.7 Å². The summed E-state index contributed by atoms with van der Waals surface area (Å²) in [4.78, 5) is 14.3. The number of carboxylic acid groups (broad SMARTS) is 1. The molecule has 1 aliphatic heterocycles. The number of carbonyl (C=O) groups is 1.